The molecular weight excluding hydrogens is 280 g/mol. The monoisotopic (exact) mass is 296 g/mol. The van der Waals surface area contributed by atoms with Gasteiger partial charge in [0.2, 0.25) is 0 Å². The van der Waals surface area contributed by atoms with Crippen molar-refractivity contribution in [3.63, 3.8) is 0 Å². The normalized spacial score (nSPS) is 9.82. The van der Waals surface area contributed by atoms with Crippen molar-refractivity contribution in [2.75, 3.05) is 30.4 Å². The Morgan fingerprint density at radius 1 is 1.27 bits per heavy atom. The Kier molecular flexibility index (Phi) is 4.94. The number of rotatable bonds is 6. The number of nitriles is 1. The number of nitro benzene ring substituents is 1. The molecule has 22 heavy (non-hydrogen) atoms. The third-order valence-electron chi connectivity index (χ3n) is 3.28. The minimum atomic E-state index is -0.482. The van der Waals surface area contributed by atoms with Crippen molar-refractivity contribution in [3.8, 4) is 6.07 Å². The molecule has 0 fully saturated rings. The molecule has 6 heteroatoms. The molecule has 0 saturated carbocycles. The van der Waals surface area contributed by atoms with E-state index in [-0.39, 0.29) is 11.3 Å². The lowest BCUT2D eigenvalue weighted by Gasteiger charge is -2.19. The highest BCUT2D eigenvalue weighted by atomic mass is 16.6. The molecule has 0 spiro atoms. The van der Waals surface area contributed by atoms with E-state index in [1.165, 1.54) is 6.07 Å². The van der Waals surface area contributed by atoms with Gasteiger partial charge in [0.05, 0.1) is 16.6 Å². The number of likely N-dealkylation sites (N-methyl/N-ethyl adjacent to an activating group) is 1. The molecule has 1 N–H and O–H groups in total. The van der Waals surface area contributed by atoms with Crippen molar-refractivity contribution >= 4 is 17.1 Å². The number of nitrogens with one attached hydrogen (secondary N) is 1. The molecule has 6 nitrogen and oxygen atoms in total. The molecule has 2 rings (SSSR count). The third kappa shape index (κ3) is 3.73. The van der Waals surface area contributed by atoms with E-state index >= 15 is 0 Å². The molecular formula is C16H16N4O2. The minimum Gasteiger partial charge on any atom is -0.378 e. The summed E-state index contributed by atoms with van der Waals surface area (Å²) in [6.45, 7) is 1.25. The average Bonchev–Trinajstić information content (AvgIpc) is 2.55. The maximum atomic E-state index is 11.1. The smallest absolute Gasteiger partial charge is 0.293 e. The van der Waals surface area contributed by atoms with Gasteiger partial charge in [-0.25, -0.2) is 0 Å². The first-order chi connectivity index (χ1) is 10.6. The summed E-state index contributed by atoms with van der Waals surface area (Å²) in [4.78, 5) is 12.6. The summed E-state index contributed by atoms with van der Waals surface area (Å²) in [5.74, 6) is 0. The molecule has 0 unspecified atom stereocenters. The van der Waals surface area contributed by atoms with Crippen LogP contribution in [-0.2, 0) is 0 Å². The van der Waals surface area contributed by atoms with Crippen molar-refractivity contribution in [2.24, 2.45) is 0 Å². The van der Waals surface area contributed by atoms with Gasteiger partial charge in [0, 0.05) is 31.9 Å². The van der Waals surface area contributed by atoms with Crippen molar-refractivity contribution < 1.29 is 4.92 Å². The molecule has 2 aromatic carbocycles. The summed E-state index contributed by atoms with van der Waals surface area (Å²) in [6.07, 6.45) is 0. The molecule has 2 aromatic rings. The fraction of sp³-hybridized carbons (Fsp3) is 0.188. The number of anilines is 2. The van der Waals surface area contributed by atoms with E-state index in [9.17, 15) is 10.1 Å². The Bertz CT molecular complexity index is 695. The first-order valence-corrected chi connectivity index (χ1v) is 6.80. The van der Waals surface area contributed by atoms with Crippen LogP contribution in [0.25, 0.3) is 0 Å². The molecule has 0 heterocycles. The highest BCUT2D eigenvalue weighted by molar-refractivity contribution is 5.64. The summed E-state index contributed by atoms with van der Waals surface area (Å²) >= 11 is 0. The standard InChI is InChI=1S/C16H16N4O2/c1-19(14-5-3-2-4-6-14)10-9-18-15-8-7-13(12-17)11-16(15)20(21)22/h2-8,11,18H,9-10H2,1H3. The second-order valence-corrected chi connectivity index (χ2v) is 4.78. The predicted molar refractivity (Wildman–Crippen MR) is 86.0 cm³/mol. The zero-order chi connectivity index (χ0) is 15.9. The lowest BCUT2D eigenvalue weighted by molar-refractivity contribution is -0.384. The van der Waals surface area contributed by atoms with Gasteiger partial charge >= 0.3 is 0 Å². The van der Waals surface area contributed by atoms with E-state index in [1.807, 2.05) is 43.4 Å². The maximum absolute atomic E-state index is 11.1. The Balaban J connectivity index is 2.00. The lowest BCUT2D eigenvalue weighted by atomic mass is 10.2. The fourth-order valence-corrected chi connectivity index (χ4v) is 2.07. The lowest BCUT2D eigenvalue weighted by Crippen LogP contribution is -2.24. The van der Waals surface area contributed by atoms with Gasteiger partial charge in [0.1, 0.15) is 5.69 Å². The third-order valence-corrected chi connectivity index (χ3v) is 3.28. The van der Waals surface area contributed by atoms with Crippen LogP contribution in [0.2, 0.25) is 0 Å². The number of nitro groups is 1. The number of hydrogen-bond acceptors (Lipinski definition) is 5. The number of para-hydroxylation sites is 1. The van der Waals surface area contributed by atoms with Crippen LogP contribution in [0.15, 0.2) is 48.5 Å². The summed E-state index contributed by atoms with van der Waals surface area (Å²) in [5.41, 5.74) is 1.70. The van der Waals surface area contributed by atoms with E-state index < -0.39 is 4.92 Å². The molecule has 0 aromatic heterocycles. The maximum Gasteiger partial charge on any atom is 0.293 e. The predicted octanol–water partition coefficient (Wildman–Crippen LogP) is 3.01. The Morgan fingerprint density at radius 3 is 2.64 bits per heavy atom. The molecule has 0 aliphatic rings. The van der Waals surface area contributed by atoms with Gasteiger partial charge in [-0.3, -0.25) is 10.1 Å². The van der Waals surface area contributed by atoms with Crippen LogP contribution in [0.4, 0.5) is 17.1 Å². The van der Waals surface area contributed by atoms with Gasteiger partial charge in [-0.15, -0.1) is 0 Å². The quantitative estimate of drug-likeness (QED) is 0.654. The van der Waals surface area contributed by atoms with Gasteiger partial charge in [-0.1, -0.05) is 18.2 Å². The number of hydrogen-bond donors (Lipinski definition) is 1. The average molecular weight is 296 g/mol. The van der Waals surface area contributed by atoms with Crippen molar-refractivity contribution in [3.05, 3.63) is 64.2 Å². The zero-order valence-electron chi connectivity index (χ0n) is 12.2. The topological polar surface area (TPSA) is 82.2 Å². The summed E-state index contributed by atoms with van der Waals surface area (Å²) < 4.78 is 0. The van der Waals surface area contributed by atoms with Crippen molar-refractivity contribution in [2.45, 2.75) is 0 Å². The molecule has 0 atom stereocenters. The molecule has 0 radical (unpaired) electrons. The highest BCUT2D eigenvalue weighted by Gasteiger charge is 2.14. The van der Waals surface area contributed by atoms with Gasteiger partial charge in [0.25, 0.3) is 5.69 Å². The van der Waals surface area contributed by atoms with E-state index in [4.69, 9.17) is 5.26 Å². The summed E-state index contributed by atoms with van der Waals surface area (Å²) in [5, 5.41) is 22.9. The Morgan fingerprint density at radius 2 is 2.00 bits per heavy atom. The minimum absolute atomic E-state index is 0.0820. The Hall–Kier alpha value is -3.07. The summed E-state index contributed by atoms with van der Waals surface area (Å²) in [6, 6.07) is 16.2. The largest absolute Gasteiger partial charge is 0.378 e. The summed E-state index contributed by atoms with van der Waals surface area (Å²) in [7, 11) is 1.96. The first kappa shape index (κ1) is 15.3. The van der Waals surface area contributed by atoms with Gasteiger partial charge < -0.3 is 10.2 Å². The van der Waals surface area contributed by atoms with E-state index in [0.717, 1.165) is 5.69 Å². The highest BCUT2D eigenvalue weighted by Crippen LogP contribution is 2.25. The van der Waals surface area contributed by atoms with E-state index in [1.54, 1.807) is 12.1 Å². The second kappa shape index (κ2) is 7.09. The number of nitrogens with zero attached hydrogens (tertiary/aromatic N) is 3. The van der Waals surface area contributed by atoms with Crippen LogP contribution in [0.1, 0.15) is 5.56 Å². The van der Waals surface area contributed by atoms with Crippen LogP contribution >= 0.6 is 0 Å². The van der Waals surface area contributed by atoms with Gasteiger partial charge in [-0.2, -0.15) is 5.26 Å². The molecule has 0 amide bonds. The van der Waals surface area contributed by atoms with Crippen LogP contribution in [0.5, 0.6) is 0 Å². The van der Waals surface area contributed by atoms with Gasteiger partial charge in [-0.05, 0) is 24.3 Å². The van der Waals surface area contributed by atoms with Crippen molar-refractivity contribution in [1.82, 2.24) is 0 Å². The molecule has 112 valence electrons. The zero-order valence-corrected chi connectivity index (χ0v) is 12.2. The molecule has 0 aliphatic heterocycles. The van der Waals surface area contributed by atoms with Crippen LogP contribution in [0.3, 0.4) is 0 Å². The van der Waals surface area contributed by atoms with Crippen molar-refractivity contribution in [1.29, 1.82) is 5.26 Å². The van der Waals surface area contributed by atoms with E-state index in [2.05, 4.69) is 10.2 Å². The molecule has 0 bridgehead atoms. The van der Waals surface area contributed by atoms with Crippen LogP contribution < -0.4 is 10.2 Å². The van der Waals surface area contributed by atoms with Gasteiger partial charge in [0.15, 0.2) is 0 Å². The molecule has 0 aliphatic carbocycles. The SMILES string of the molecule is CN(CCNc1ccc(C#N)cc1[N+](=O)[O-])c1ccccc1. The fourth-order valence-electron chi connectivity index (χ4n) is 2.07. The van der Waals surface area contributed by atoms with E-state index in [0.29, 0.717) is 18.8 Å². The molecule has 0 saturated heterocycles. The second-order valence-electron chi connectivity index (χ2n) is 4.78. The first-order valence-electron chi connectivity index (χ1n) is 6.80. The van der Waals surface area contributed by atoms with Crippen LogP contribution in [0, 0.1) is 21.4 Å². The van der Waals surface area contributed by atoms with Crippen LogP contribution in [-0.4, -0.2) is 25.1 Å². The number of benzene rings is 2. The Labute approximate surface area is 128 Å².